The molecular formula is C42H59N7O8S. The van der Waals surface area contributed by atoms with Gasteiger partial charge >= 0.3 is 0 Å². The number of carbonyl (C=O) groups excluding carboxylic acids is 4. The Kier molecular flexibility index (Phi) is 11.4. The number of benzene rings is 2. The molecule has 7 rings (SSSR count). The lowest BCUT2D eigenvalue weighted by atomic mass is 9.87. The van der Waals surface area contributed by atoms with Crippen molar-refractivity contribution >= 4 is 50.1 Å². The number of amides is 4. The van der Waals surface area contributed by atoms with Crippen LogP contribution in [0.25, 0.3) is 10.8 Å². The van der Waals surface area contributed by atoms with Crippen molar-refractivity contribution in [2.45, 2.75) is 101 Å². The van der Waals surface area contributed by atoms with Crippen molar-refractivity contribution in [3.8, 4) is 5.88 Å². The van der Waals surface area contributed by atoms with Crippen LogP contribution in [-0.4, -0.2) is 96.3 Å². The summed E-state index contributed by atoms with van der Waals surface area (Å²) in [6.07, 6.45) is 6.18. The van der Waals surface area contributed by atoms with Gasteiger partial charge in [-0.15, -0.1) is 5.10 Å². The predicted octanol–water partition coefficient (Wildman–Crippen LogP) is 3.86. The monoisotopic (exact) mass is 821 g/mol. The minimum Gasteiger partial charge on any atom is -0.471 e. The van der Waals surface area contributed by atoms with Crippen LogP contribution in [0.3, 0.4) is 0 Å². The molecule has 2 saturated carbocycles. The Morgan fingerprint density at radius 3 is 2.40 bits per heavy atom. The van der Waals surface area contributed by atoms with E-state index in [9.17, 15) is 27.6 Å². The Labute approximate surface area is 343 Å². The number of fused-ring (bicyclic) bond motifs is 3. The Morgan fingerprint density at radius 2 is 1.72 bits per heavy atom. The van der Waals surface area contributed by atoms with Gasteiger partial charge in [-0.05, 0) is 93.7 Å². The van der Waals surface area contributed by atoms with Crippen molar-refractivity contribution in [2.75, 3.05) is 25.5 Å². The lowest BCUT2D eigenvalue weighted by molar-refractivity contribution is -0.142. The van der Waals surface area contributed by atoms with Gasteiger partial charge in [0.1, 0.15) is 23.7 Å². The molecule has 3 heterocycles. The van der Waals surface area contributed by atoms with Gasteiger partial charge in [-0.2, -0.15) is 0 Å². The maximum atomic E-state index is 15.0. The zero-order chi connectivity index (χ0) is 41.5. The molecule has 3 aromatic rings. The Morgan fingerprint density at radius 1 is 1.02 bits per heavy atom. The van der Waals surface area contributed by atoms with E-state index in [-0.39, 0.29) is 53.5 Å². The first-order chi connectivity index (χ1) is 27.6. The molecule has 0 unspecified atom stereocenters. The predicted molar refractivity (Wildman–Crippen MR) is 225 cm³/mol. The van der Waals surface area contributed by atoms with E-state index in [0.29, 0.717) is 42.0 Å². The van der Waals surface area contributed by atoms with E-state index >= 15 is 4.79 Å². The van der Waals surface area contributed by atoms with E-state index in [1.54, 1.807) is 43.3 Å². The smallest absolute Gasteiger partial charge is 0.274 e. The lowest BCUT2D eigenvalue weighted by Crippen LogP contribution is -2.59. The van der Waals surface area contributed by atoms with Gasteiger partial charge in [0.15, 0.2) is 0 Å². The molecule has 4 aliphatic rings. The largest absolute Gasteiger partial charge is 0.471 e. The molecule has 7 atom stereocenters. The van der Waals surface area contributed by atoms with Crippen LogP contribution in [0.15, 0.2) is 65.5 Å². The fourth-order valence-electron chi connectivity index (χ4n) is 8.30. The molecule has 3 fully saturated rings. The highest BCUT2D eigenvalue weighted by Gasteiger charge is 2.62. The summed E-state index contributed by atoms with van der Waals surface area (Å²) in [6, 6.07) is 11.8. The zero-order valence-corrected chi connectivity index (χ0v) is 34.5. The standard InChI is InChI=1S/C42H53N7O8S.3H2/c1-6-49-39(52)33-14-10-9-13-32(33)38(45-49)57-30-22-34-37(51)44-42(41(54)46-58(55,56)31-19-20-31)23-28(42)12-8-7-11-25(2)21-26(3)35(40(53)48(34)24-30)43-36(50)27-15-17-29(18-16-27)47(4)5;;;/h8-10,12-18,25-26,28,30-31,34-35H,6-7,11,19-24H2,1-5H3,(H,43,50)(H,44,51)(H,46,54);3*1H/b12-8-;;;/t25-,26+,28+,30+,34-,35-,42+;;;/m0.../s1. The first-order valence-corrected chi connectivity index (χ1v) is 21.8. The highest BCUT2D eigenvalue weighted by atomic mass is 32.2. The van der Waals surface area contributed by atoms with Crippen molar-refractivity contribution in [1.29, 1.82) is 0 Å². The van der Waals surface area contributed by atoms with E-state index < -0.39 is 68.5 Å². The average Bonchev–Trinajstić information content (AvgIpc) is 4.13. The van der Waals surface area contributed by atoms with Gasteiger partial charge < -0.3 is 25.2 Å². The number of carbonyl (C=O) groups is 4. The van der Waals surface area contributed by atoms with Gasteiger partial charge in [0.2, 0.25) is 27.7 Å². The maximum Gasteiger partial charge on any atom is 0.274 e. The van der Waals surface area contributed by atoms with Crippen molar-refractivity contribution < 1.29 is 36.6 Å². The van der Waals surface area contributed by atoms with Crippen molar-refractivity contribution in [3.05, 3.63) is 76.6 Å². The third-order valence-corrected chi connectivity index (χ3v) is 13.8. The van der Waals surface area contributed by atoms with E-state index in [2.05, 4.69) is 27.4 Å². The number of anilines is 1. The number of aromatic nitrogens is 2. The second-order valence-electron chi connectivity index (χ2n) is 16.6. The van der Waals surface area contributed by atoms with E-state index in [1.165, 1.54) is 9.58 Å². The average molecular weight is 822 g/mol. The maximum absolute atomic E-state index is 15.0. The molecule has 0 spiro atoms. The van der Waals surface area contributed by atoms with Crippen LogP contribution in [0.1, 0.15) is 80.4 Å². The highest BCUT2D eigenvalue weighted by molar-refractivity contribution is 7.91. The summed E-state index contributed by atoms with van der Waals surface area (Å²) in [7, 11) is -0.125. The Bertz CT molecular complexity index is 2310. The van der Waals surface area contributed by atoms with Crippen molar-refractivity contribution in [1.82, 2.24) is 30.0 Å². The minimum absolute atomic E-state index is 0. The van der Waals surface area contributed by atoms with Crippen molar-refractivity contribution in [2.24, 2.45) is 17.8 Å². The number of nitrogens with one attached hydrogen (secondary N) is 3. The molecule has 316 valence electrons. The molecule has 58 heavy (non-hydrogen) atoms. The molecule has 1 aromatic heterocycles. The van der Waals surface area contributed by atoms with Crippen LogP contribution in [0.4, 0.5) is 5.69 Å². The topological polar surface area (TPSA) is 189 Å². The van der Waals surface area contributed by atoms with Crippen molar-refractivity contribution in [3.63, 3.8) is 0 Å². The van der Waals surface area contributed by atoms with Crippen LogP contribution >= 0.6 is 0 Å². The number of hydrogen-bond acceptors (Lipinski definition) is 10. The summed E-state index contributed by atoms with van der Waals surface area (Å²) in [5.41, 5.74) is -0.545. The summed E-state index contributed by atoms with van der Waals surface area (Å²) < 4.78 is 35.9. The fraction of sp³-hybridized carbons (Fsp3) is 0.524. The van der Waals surface area contributed by atoms with E-state index in [0.717, 1.165) is 12.1 Å². The van der Waals surface area contributed by atoms with Gasteiger partial charge in [0.25, 0.3) is 17.4 Å². The van der Waals surface area contributed by atoms with Crippen LogP contribution in [0.2, 0.25) is 0 Å². The third kappa shape index (κ3) is 8.34. The summed E-state index contributed by atoms with van der Waals surface area (Å²) >= 11 is 0. The van der Waals surface area contributed by atoms with Crippen LogP contribution in [0.5, 0.6) is 5.88 Å². The number of hydrogen-bond donors (Lipinski definition) is 3. The fourth-order valence-corrected chi connectivity index (χ4v) is 9.66. The molecule has 2 aliphatic heterocycles. The summed E-state index contributed by atoms with van der Waals surface area (Å²) in [4.78, 5) is 73.7. The number of allylic oxidation sites excluding steroid dienone is 1. The Hall–Kier alpha value is -5.25. The van der Waals surface area contributed by atoms with Gasteiger partial charge in [0, 0.05) is 48.5 Å². The summed E-state index contributed by atoms with van der Waals surface area (Å²) in [5.74, 6) is -2.88. The molecular weight excluding hydrogens is 763 g/mol. The SMILES string of the molecule is CCn1nc(O[C@@H]2C[C@H]3C(=O)N[C@]4(C(=O)NS(=O)(=O)C5CC5)C[C@H]4/C=C\CC[C@H](C)C[C@@H](C)[C@H](NC(=O)c4ccc(N(C)C)cc4)C(=O)N3C2)c2ccccc2c1=O.[HH].[HH].[HH]. The lowest BCUT2D eigenvalue weighted by Gasteiger charge is -2.33. The van der Waals surface area contributed by atoms with Gasteiger partial charge in [-0.1, -0.05) is 38.1 Å². The summed E-state index contributed by atoms with van der Waals surface area (Å²) in [5, 5.41) is 10.6. The van der Waals surface area contributed by atoms with E-state index in [4.69, 9.17) is 4.74 Å². The van der Waals surface area contributed by atoms with Gasteiger partial charge in [-0.3, -0.25) is 28.7 Å². The quantitative estimate of drug-likeness (QED) is 0.268. The molecule has 3 N–H and O–H groups in total. The first kappa shape index (κ1) is 40.9. The van der Waals surface area contributed by atoms with Crippen LogP contribution < -0.4 is 30.6 Å². The molecule has 0 bridgehead atoms. The Balaban J connectivity index is 0.00000273. The van der Waals surface area contributed by atoms with Crippen LogP contribution in [0, 0.1) is 17.8 Å². The second-order valence-corrected chi connectivity index (χ2v) is 18.6. The summed E-state index contributed by atoms with van der Waals surface area (Å²) in [6.45, 7) is 6.01. The number of ether oxygens (including phenoxy) is 1. The first-order valence-electron chi connectivity index (χ1n) is 20.2. The molecule has 2 aliphatic carbocycles. The number of sulfonamides is 1. The number of rotatable bonds is 9. The molecule has 4 amide bonds. The number of aryl methyl sites for hydroxylation is 1. The zero-order valence-electron chi connectivity index (χ0n) is 33.6. The molecule has 15 nitrogen and oxygen atoms in total. The highest BCUT2D eigenvalue weighted by Crippen LogP contribution is 2.46. The normalized spacial score (nSPS) is 28.3. The van der Waals surface area contributed by atoms with E-state index in [1.807, 2.05) is 50.2 Å². The number of nitrogens with zero attached hydrogens (tertiary/aromatic N) is 4. The molecule has 2 aromatic carbocycles. The minimum atomic E-state index is -3.92. The molecule has 1 saturated heterocycles. The van der Waals surface area contributed by atoms with Gasteiger partial charge in [0.05, 0.1) is 22.6 Å². The van der Waals surface area contributed by atoms with Gasteiger partial charge in [-0.25, -0.2) is 13.1 Å². The third-order valence-electron chi connectivity index (χ3n) is 12.0. The molecule has 16 heteroatoms. The van der Waals surface area contributed by atoms with Crippen LogP contribution in [-0.2, 0) is 31.0 Å². The molecule has 0 radical (unpaired) electrons. The second kappa shape index (κ2) is 16.2.